The first-order chi connectivity index (χ1) is 10.8. The smallest absolute Gasteiger partial charge is 0.313 e. The summed E-state index contributed by atoms with van der Waals surface area (Å²) in [6.45, 7) is 7.50. The normalized spacial score (nSPS) is 9.22. The zero-order valence-electron chi connectivity index (χ0n) is 13.9. The molecule has 0 spiro atoms. The van der Waals surface area contributed by atoms with Crippen LogP contribution in [0.5, 0.6) is 0 Å². The Bertz CT molecular complexity index is 266. The molecule has 0 bridgehead atoms. The summed E-state index contributed by atoms with van der Waals surface area (Å²) < 4.78 is 5.13. The van der Waals surface area contributed by atoms with E-state index in [9.17, 15) is 9.59 Å². The Kier molecular flexibility index (Phi) is 38.1. The van der Waals surface area contributed by atoms with Crippen molar-refractivity contribution in [3.8, 4) is 0 Å². The largest absolute Gasteiger partial charge is 0.510 e. The average molecular weight is 375 g/mol. The minimum atomic E-state index is -0.881. The number of thiol groups is 2. The van der Waals surface area contributed by atoms with E-state index in [1.165, 1.54) is 6.08 Å². The van der Waals surface area contributed by atoms with Crippen LogP contribution in [0.25, 0.3) is 0 Å². The van der Waals surface area contributed by atoms with Crippen molar-refractivity contribution in [3.63, 3.8) is 0 Å². The third-order valence-electron chi connectivity index (χ3n) is 1.46. The van der Waals surface area contributed by atoms with Gasteiger partial charge in [0, 0.05) is 13.2 Å². The number of hydrogen-bond acceptors (Lipinski definition) is 7. The van der Waals surface area contributed by atoms with Crippen molar-refractivity contribution in [3.05, 3.63) is 11.8 Å². The van der Waals surface area contributed by atoms with Crippen molar-refractivity contribution < 1.29 is 34.8 Å². The van der Waals surface area contributed by atoms with E-state index in [0.717, 1.165) is 26.1 Å². The van der Waals surface area contributed by atoms with Crippen LogP contribution in [-0.4, -0.2) is 63.7 Å². The molecule has 0 rings (SSSR count). The van der Waals surface area contributed by atoms with Crippen LogP contribution >= 0.6 is 25.3 Å². The van der Waals surface area contributed by atoms with E-state index in [1.807, 2.05) is 0 Å². The van der Waals surface area contributed by atoms with Crippen LogP contribution in [0.3, 0.4) is 0 Å². The predicted molar refractivity (Wildman–Crippen MR) is 97.9 cm³/mol. The Balaban J connectivity index is -0.000000106. The molecule has 0 aliphatic heterocycles. The van der Waals surface area contributed by atoms with Gasteiger partial charge in [0.25, 0.3) is 0 Å². The maximum absolute atomic E-state index is 9.29. The number of rotatable bonds is 7. The molecule has 0 aliphatic carbocycles. The molecule has 0 aromatic rings. The summed E-state index contributed by atoms with van der Waals surface area (Å²) in [6, 6.07) is 0. The maximum Gasteiger partial charge on any atom is 0.313 e. The maximum atomic E-state index is 9.29. The van der Waals surface area contributed by atoms with Gasteiger partial charge in [0.1, 0.15) is 5.76 Å². The number of ether oxygens (including phenoxy) is 1. The molecule has 0 saturated heterocycles. The van der Waals surface area contributed by atoms with Gasteiger partial charge >= 0.3 is 11.9 Å². The molecule has 0 radical (unpaired) electrons. The minimum absolute atomic E-state index is 0.0231. The Morgan fingerprint density at radius 1 is 0.957 bits per heavy atom. The van der Waals surface area contributed by atoms with E-state index in [-0.39, 0.29) is 23.9 Å². The molecule has 0 saturated carbocycles. The molecule has 140 valence electrons. The van der Waals surface area contributed by atoms with Gasteiger partial charge in [-0.15, -0.1) is 0 Å². The van der Waals surface area contributed by atoms with Gasteiger partial charge in [-0.1, -0.05) is 13.8 Å². The fourth-order valence-corrected chi connectivity index (χ4v) is 0.482. The van der Waals surface area contributed by atoms with Crippen LogP contribution in [0.1, 0.15) is 33.6 Å². The van der Waals surface area contributed by atoms with E-state index in [1.54, 1.807) is 6.92 Å². The molecule has 0 heterocycles. The first kappa shape index (κ1) is 30.0. The topological polar surface area (TPSA) is 124 Å². The van der Waals surface area contributed by atoms with Gasteiger partial charge in [0.15, 0.2) is 0 Å². The van der Waals surface area contributed by atoms with Gasteiger partial charge < -0.3 is 25.2 Å². The lowest BCUT2D eigenvalue weighted by molar-refractivity contribution is -0.134. The van der Waals surface area contributed by atoms with E-state index in [2.05, 4.69) is 39.1 Å². The molecule has 0 atom stereocenters. The van der Waals surface area contributed by atoms with Crippen LogP contribution < -0.4 is 0 Å². The van der Waals surface area contributed by atoms with Gasteiger partial charge in [0.05, 0.1) is 18.1 Å². The molecular weight excluding hydrogens is 344 g/mol. The zero-order chi connectivity index (χ0) is 19.1. The van der Waals surface area contributed by atoms with E-state index < -0.39 is 11.9 Å². The second kappa shape index (κ2) is 29.2. The number of carbonyl (C=O) groups is 2. The fraction of sp³-hybridized carbons (Fsp3) is 0.714. The number of carboxylic acid groups (broad SMARTS) is 2. The molecule has 0 aliphatic rings. The second-order valence-corrected chi connectivity index (χ2v) is 4.29. The molecule has 4 N–H and O–H groups in total. The van der Waals surface area contributed by atoms with Crippen molar-refractivity contribution in [1.82, 2.24) is 0 Å². The molecule has 23 heavy (non-hydrogen) atoms. The minimum Gasteiger partial charge on any atom is -0.510 e. The number of aliphatic carboxylic acids is 2. The number of aliphatic hydroxyl groups is 2. The van der Waals surface area contributed by atoms with Crippen LogP contribution in [-0.2, 0) is 14.3 Å². The van der Waals surface area contributed by atoms with Crippen LogP contribution in [0.2, 0.25) is 0 Å². The van der Waals surface area contributed by atoms with Crippen molar-refractivity contribution in [2.24, 2.45) is 0 Å². The first-order valence-corrected chi connectivity index (χ1v) is 8.21. The molecule has 0 unspecified atom stereocenters. The highest BCUT2D eigenvalue weighted by Crippen LogP contribution is 1.81. The van der Waals surface area contributed by atoms with Crippen LogP contribution in [0.15, 0.2) is 11.8 Å². The highest BCUT2D eigenvalue weighted by atomic mass is 32.1. The van der Waals surface area contributed by atoms with Crippen molar-refractivity contribution in [1.29, 1.82) is 0 Å². The first-order valence-electron chi connectivity index (χ1n) is 6.95. The lowest BCUT2D eigenvalue weighted by Gasteiger charge is -1.95. The average Bonchev–Trinajstić information content (AvgIpc) is 2.56. The Morgan fingerprint density at radius 3 is 1.35 bits per heavy atom. The number of allylic oxidation sites excluding steroid dienone is 1. The Hall–Kier alpha value is -0.900. The summed E-state index contributed by atoms with van der Waals surface area (Å²) in [5, 5.41) is 31.6. The summed E-state index contributed by atoms with van der Waals surface area (Å²) in [4.78, 5) is 18.6. The predicted octanol–water partition coefficient (Wildman–Crippen LogP) is 2.27. The summed E-state index contributed by atoms with van der Waals surface area (Å²) in [6.07, 6.45) is 3.72. The zero-order valence-corrected chi connectivity index (χ0v) is 15.7. The number of hydrogen-bond donors (Lipinski definition) is 6. The van der Waals surface area contributed by atoms with Crippen molar-refractivity contribution in [2.75, 3.05) is 31.3 Å². The van der Waals surface area contributed by atoms with Crippen molar-refractivity contribution in [2.45, 2.75) is 33.6 Å². The highest BCUT2D eigenvalue weighted by molar-refractivity contribution is 7.81. The quantitative estimate of drug-likeness (QED) is 0.229. The fourth-order valence-electron chi connectivity index (χ4n) is 0.482. The molecular formula is C14H30O7S2. The molecule has 0 amide bonds. The van der Waals surface area contributed by atoms with E-state index >= 15 is 0 Å². The third-order valence-corrected chi connectivity index (χ3v) is 2.00. The van der Waals surface area contributed by atoms with Crippen molar-refractivity contribution >= 4 is 37.2 Å². The molecule has 7 nitrogen and oxygen atoms in total. The lowest BCUT2D eigenvalue weighted by atomic mass is 10.5. The van der Waals surface area contributed by atoms with Gasteiger partial charge in [0.2, 0.25) is 0 Å². The summed E-state index contributed by atoms with van der Waals surface area (Å²) in [5.41, 5.74) is 0. The van der Waals surface area contributed by atoms with Crippen LogP contribution in [0, 0.1) is 0 Å². The molecule has 9 heteroatoms. The molecule has 0 aromatic heterocycles. The second-order valence-electron chi connectivity index (χ2n) is 3.65. The Morgan fingerprint density at radius 2 is 1.26 bits per heavy atom. The molecule has 0 fully saturated rings. The summed E-state index contributed by atoms with van der Waals surface area (Å²) in [5.74, 6) is -1.91. The SMILES string of the molecule is CC=C(O)CO.CCCOCCC.O=C(O)CS.O=C(O)CS. The monoisotopic (exact) mass is 374 g/mol. The summed E-state index contributed by atoms with van der Waals surface area (Å²) >= 11 is 6.83. The van der Waals surface area contributed by atoms with Gasteiger partial charge in [-0.2, -0.15) is 25.3 Å². The number of carboxylic acids is 2. The highest BCUT2D eigenvalue weighted by Gasteiger charge is 1.82. The molecule has 0 aromatic carbocycles. The third kappa shape index (κ3) is 62.5. The number of aliphatic hydroxyl groups excluding tert-OH is 2. The van der Waals surface area contributed by atoms with E-state index in [0.29, 0.717) is 0 Å². The van der Waals surface area contributed by atoms with E-state index in [4.69, 9.17) is 25.2 Å². The van der Waals surface area contributed by atoms with Gasteiger partial charge in [-0.25, -0.2) is 0 Å². The Labute approximate surface area is 149 Å². The van der Waals surface area contributed by atoms with Crippen LogP contribution in [0.4, 0.5) is 0 Å². The van der Waals surface area contributed by atoms with Gasteiger partial charge in [-0.05, 0) is 25.8 Å². The lowest BCUT2D eigenvalue weighted by Crippen LogP contribution is -1.92. The standard InChI is InChI=1S/C6H14O.C4H8O2.2C2H4O2S/c1-3-5-7-6-4-2;1-2-4(6)3-5;2*3-2(4)1-5/h3-6H2,1-2H3;2,5-6H,3H2,1H3;2*5H,1H2,(H,3,4). The summed E-state index contributed by atoms with van der Waals surface area (Å²) in [7, 11) is 0. The van der Waals surface area contributed by atoms with Gasteiger partial charge in [-0.3, -0.25) is 9.59 Å².